The Hall–Kier alpha value is -1.73. The molecular formula is C18H22BrN3O2S. The van der Waals surface area contributed by atoms with E-state index in [1.807, 2.05) is 45.0 Å². The monoisotopic (exact) mass is 423 g/mol. The van der Waals surface area contributed by atoms with E-state index in [4.69, 9.17) is 0 Å². The first-order chi connectivity index (χ1) is 11.6. The molecule has 1 aromatic carbocycles. The van der Waals surface area contributed by atoms with Crippen LogP contribution < -0.4 is 10.6 Å². The normalized spacial score (nSPS) is 12.5. The maximum atomic E-state index is 12.2. The molecule has 2 amide bonds. The smallest absolute Gasteiger partial charge is 0.248 e. The molecule has 0 bridgehead atoms. The number of benzene rings is 1. The number of nitrogens with one attached hydrogen (secondary N) is 2. The fourth-order valence-corrected chi connectivity index (χ4v) is 3.06. The lowest BCUT2D eigenvalue weighted by atomic mass is 9.95. The van der Waals surface area contributed by atoms with Gasteiger partial charge in [0.1, 0.15) is 6.04 Å². The Labute approximate surface area is 160 Å². The van der Waals surface area contributed by atoms with Crippen LogP contribution in [0.5, 0.6) is 0 Å². The number of nitrogens with zero attached hydrogens (tertiary/aromatic N) is 1. The average Bonchev–Trinajstić information content (AvgIpc) is 2.95. The zero-order chi connectivity index (χ0) is 18.6. The maximum absolute atomic E-state index is 12.2. The van der Waals surface area contributed by atoms with Crippen molar-refractivity contribution in [3.63, 3.8) is 0 Å². The van der Waals surface area contributed by atoms with Crippen LogP contribution in [0.3, 0.4) is 0 Å². The van der Waals surface area contributed by atoms with Crippen molar-refractivity contribution in [3.8, 4) is 0 Å². The zero-order valence-electron chi connectivity index (χ0n) is 14.7. The highest BCUT2D eigenvalue weighted by Crippen LogP contribution is 2.22. The lowest BCUT2D eigenvalue weighted by Gasteiger charge is -2.21. The third-order valence-electron chi connectivity index (χ3n) is 3.50. The minimum absolute atomic E-state index is 0.162. The molecule has 2 rings (SSSR count). The molecule has 1 unspecified atom stereocenters. The Morgan fingerprint density at radius 3 is 2.48 bits per heavy atom. The van der Waals surface area contributed by atoms with E-state index in [2.05, 4.69) is 31.5 Å². The van der Waals surface area contributed by atoms with Crippen molar-refractivity contribution in [1.82, 2.24) is 10.3 Å². The number of amides is 2. The first kappa shape index (κ1) is 19.6. The van der Waals surface area contributed by atoms with Crippen molar-refractivity contribution in [3.05, 3.63) is 45.4 Å². The Balaban J connectivity index is 1.92. The minimum Gasteiger partial charge on any atom is -0.344 e. The highest BCUT2D eigenvalue weighted by molar-refractivity contribution is 9.10. The van der Waals surface area contributed by atoms with Gasteiger partial charge >= 0.3 is 0 Å². The summed E-state index contributed by atoms with van der Waals surface area (Å²) >= 11 is 4.85. The van der Waals surface area contributed by atoms with Gasteiger partial charge in [0.05, 0.1) is 0 Å². The Morgan fingerprint density at radius 1 is 1.24 bits per heavy atom. The summed E-state index contributed by atoms with van der Waals surface area (Å²) in [6.07, 6.45) is 2.53. The molecule has 0 saturated heterocycles. The SMILES string of the molecule is CC(NC(=O)C(C)(C)C)C(=O)Nc1ncc(Cc2ccc(Br)cc2)s1. The summed E-state index contributed by atoms with van der Waals surface area (Å²) in [4.78, 5) is 29.5. The minimum atomic E-state index is -0.620. The lowest BCUT2D eigenvalue weighted by molar-refractivity contribution is -0.131. The summed E-state index contributed by atoms with van der Waals surface area (Å²) in [5.74, 6) is -0.438. The molecule has 5 nitrogen and oxygen atoms in total. The number of halogens is 1. The number of rotatable bonds is 5. The van der Waals surface area contributed by atoms with Gasteiger partial charge in [0, 0.05) is 27.4 Å². The molecular weight excluding hydrogens is 402 g/mol. The quantitative estimate of drug-likeness (QED) is 0.763. The summed E-state index contributed by atoms with van der Waals surface area (Å²) < 4.78 is 1.04. The van der Waals surface area contributed by atoms with E-state index in [9.17, 15) is 9.59 Å². The number of carbonyl (C=O) groups is 2. The second-order valence-electron chi connectivity index (χ2n) is 6.87. The average molecular weight is 424 g/mol. The Kier molecular flexibility index (Phi) is 6.35. The van der Waals surface area contributed by atoms with Gasteiger partial charge in [0.25, 0.3) is 0 Å². The molecule has 2 aromatic rings. The van der Waals surface area contributed by atoms with E-state index >= 15 is 0 Å². The van der Waals surface area contributed by atoms with Gasteiger partial charge in [-0.3, -0.25) is 9.59 Å². The van der Waals surface area contributed by atoms with Gasteiger partial charge in [-0.15, -0.1) is 11.3 Å². The zero-order valence-corrected chi connectivity index (χ0v) is 17.1. The summed E-state index contributed by atoms with van der Waals surface area (Å²) in [5.41, 5.74) is 0.642. The lowest BCUT2D eigenvalue weighted by Crippen LogP contribution is -2.46. The molecule has 7 heteroatoms. The number of hydrogen-bond donors (Lipinski definition) is 2. The molecule has 0 radical (unpaired) electrons. The van der Waals surface area contributed by atoms with Crippen molar-refractivity contribution in [2.75, 3.05) is 5.32 Å². The third kappa shape index (κ3) is 5.93. The number of thiazole rings is 1. The van der Waals surface area contributed by atoms with E-state index < -0.39 is 11.5 Å². The van der Waals surface area contributed by atoms with Crippen molar-refractivity contribution in [1.29, 1.82) is 0 Å². The number of aromatic nitrogens is 1. The van der Waals surface area contributed by atoms with Crippen LogP contribution >= 0.6 is 27.3 Å². The predicted molar refractivity (Wildman–Crippen MR) is 105 cm³/mol. The second kappa shape index (κ2) is 8.10. The van der Waals surface area contributed by atoms with Crippen molar-refractivity contribution >= 4 is 44.2 Å². The van der Waals surface area contributed by atoms with Gasteiger partial charge in [-0.05, 0) is 24.6 Å². The first-order valence-corrected chi connectivity index (χ1v) is 9.57. The molecule has 25 heavy (non-hydrogen) atoms. The predicted octanol–water partition coefficient (Wildman–Crippen LogP) is 3.99. The van der Waals surface area contributed by atoms with E-state index in [0.717, 1.165) is 15.8 Å². The first-order valence-electron chi connectivity index (χ1n) is 7.96. The third-order valence-corrected chi connectivity index (χ3v) is 4.94. The molecule has 1 atom stereocenters. The van der Waals surface area contributed by atoms with Crippen molar-refractivity contribution < 1.29 is 9.59 Å². The topological polar surface area (TPSA) is 71.1 Å². The molecule has 2 N–H and O–H groups in total. The Morgan fingerprint density at radius 2 is 1.88 bits per heavy atom. The van der Waals surface area contributed by atoms with E-state index in [0.29, 0.717) is 5.13 Å². The standard InChI is InChI=1S/C18H22BrN3O2S/c1-11(21-16(24)18(2,3)4)15(23)22-17-20-10-14(25-17)9-12-5-7-13(19)8-6-12/h5-8,10-11H,9H2,1-4H3,(H,21,24)(H,20,22,23). The fraction of sp³-hybridized carbons (Fsp3) is 0.389. The molecule has 1 heterocycles. The van der Waals surface area contributed by atoms with E-state index in [1.165, 1.54) is 16.9 Å². The van der Waals surface area contributed by atoms with Crippen LogP contribution in [-0.4, -0.2) is 22.8 Å². The van der Waals surface area contributed by atoms with Gasteiger partial charge in [0.2, 0.25) is 11.8 Å². The number of hydrogen-bond acceptors (Lipinski definition) is 4. The molecule has 0 aliphatic carbocycles. The highest BCUT2D eigenvalue weighted by atomic mass is 79.9. The van der Waals surface area contributed by atoms with Crippen molar-refractivity contribution in [2.24, 2.45) is 5.41 Å². The second-order valence-corrected chi connectivity index (χ2v) is 8.90. The van der Waals surface area contributed by atoms with Crippen LogP contribution in [0.15, 0.2) is 34.9 Å². The molecule has 0 fully saturated rings. The van der Waals surface area contributed by atoms with E-state index in [-0.39, 0.29) is 11.8 Å². The van der Waals surface area contributed by atoms with Crippen LogP contribution in [0, 0.1) is 5.41 Å². The van der Waals surface area contributed by atoms with Crippen LogP contribution in [0.1, 0.15) is 38.1 Å². The largest absolute Gasteiger partial charge is 0.344 e. The summed E-state index contributed by atoms with van der Waals surface area (Å²) in [6, 6.07) is 7.47. The summed E-state index contributed by atoms with van der Waals surface area (Å²) in [6.45, 7) is 7.09. The number of carbonyl (C=O) groups excluding carboxylic acids is 2. The molecule has 1 aromatic heterocycles. The van der Waals surface area contributed by atoms with Gasteiger partial charge in [0.15, 0.2) is 5.13 Å². The molecule has 134 valence electrons. The Bertz CT molecular complexity index is 750. The van der Waals surface area contributed by atoms with Crippen molar-refractivity contribution in [2.45, 2.75) is 40.2 Å². The molecule has 0 aliphatic heterocycles. The fourth-order valence-electron chi connectivity index (χ4n) is 1.94. The van der Waals surface area contributed by atoms with Gasteiger partial charge in [-0.2, -0.15) is 0 Å². The summed E-state index contributed by atoms with van der Waals surface area (Å²) in [5, 5.41) is 6.01. The van der Waals surface area contributed by atoms with Gasteiger partial charge < -0.3 is 10.6 Å². The molecule has 0 saturated carbocycles. The van der Waals surface area contributed by atoms with Crippen LogP contribution in [0.25, 0.3) is 0 Å². The van der Waals surface area contributed by atoms with Gasteiger partial charge in [-0.1, -0.05) is 48.8 Å². The van der Waals surface area contributed by atoms with E-state index in [1.54, 1.807) is 13.1 Å². The molecule has 0 aliphatic rings. The van der Waals surface area contributed by atoms with Crippen LogP contribution in [-0.2, 0) is 16.0 Å². The number of anilines is 1. The van der Waals surface area contributed by atoms with Crippen LogP contribution in [0.2, 0.25) is 0 Å². The highest BCUT2D eigenvalue weighted by Gasteiger charge is 2.25. The van der Waals surface area contributed by atoms with Crippen LogP contribution in [0.4, 0.5) is 5.13 Å². The summed E-state index contributed by atoms with van der Waals surface area (Å²) in [7, 11) is 0. The van der Waals surface area contributed by atoms with Gasteiger partial charge in [-0.25, -0.2) is 4.98 Å². The molecule has 0 spiro atoms. The maximum Gasteiger partial charge on any atom is 0.248 e.